The maximum atomic E-state index is 13.2. The number of methoxy groups -OCH3 is 1. The second-order valence-corrected chi connectivity index (χ2v) is 3.59. The fourth-order valence-corrected chi connectivity index (χ4v) is 1.35. The summed E-state index contributed by atoms with van der Waals surface area (Å²) in [6, 6.07) is 5.82. The lowest BCUT2D eigenvalue weighted by atomic mass is 10.1. The maximum Gasteiger partial charge on any atom is 0.142 e. The lowest BCUT2D eigenvalue weighted by molar-refractivity contribution is 0.198. The van der Waals surface area contributed by atoms with E-state index in [1.807, 2.05) is 6.07 Å². The van der Waals surface area contributed by atoms with Crippen molar-refractivity contribution in [1.82, 2.24) is 5.32 Å². The Morgan fingerprint density at radius 3 is 2.94 bits per heavy atom. The average Bonchev–Trinajstić information content (AvgIpc) is 2.29. The molecule has 0 aliphatic heterocycles. The summed E-state index contributed by atoms with van der Waals surface area (Å²) in [7, 11) is 1.57. The second kappa shape index (κ2) is 6.44. The van der Waals surface area contributed by atoms with Crippen molar-refractivity contribution in [3.63, 3.8) is 0 Å². The minimum Gasteiger partial charge on any atom is -0.383 e. The summed E-state index contributed by atoms with van der Waals surface area (Å²) in [6.45, 7) is 1.02. The van der Waals surface area contributed by atoms with Crippen molar-refractivity contribution >= 4 is 11.6 Å². The molecule has 0 radical (unpaired) electrons. The highest BCUT2D eigenvalue weighted by atomic mass is 35.5. The SMILES string of the molecule is COCCNC(C#N)c1ccc(Cl)c(F)c1. The van der Waals surface area contributed by atoms with Crippen LogP contribution in [0.1, 0.15) is 11.6 Å². The molecule has 0 amide bonds. The molecule has 0 saturated carbocycles. The molecule has 1 atom stereocenters. The van der Waals surface area contributed by atoms with E-state index in [0.717, 1.165) is 0 Å². The third kappa shape index (κ3) is 3.46. The normalized spacial score (nSPS) is 12.1. The summed E-state index contributed by atoms with van der Waals surface area (Å²) < 4.78 is 18.0. The molecule has 1 rings (SSSR count). The zero-order chi connectivity index (χ0) is 12.0. The van der Waals surface area contributed by atoms with Gasteiger partial charge in [0.2, 0.25) is 0 Å². The molecule has 3 nitrogen and oxygen atoms in total. The Morgan fingerprint density at radius 1 is 1.62 bits per heavy atom. The van der Waals surface area contributed by atoms with Gasteiger partial charge in [-0.25, -0.2) is 4.39 Å². The number of halogens is 2. The Balaban J connectivity index is 2.72. The monoisotopic (exact) mass is 242 g/mol. The number of hydrogen-bond acceptors (Lipinski definition) is 3. The first-order valence-corrected chi connectivity index (χ1v) is 5.13. The predicted molar refractivity (Wildman–Crippen MR) is 59.6 cm³/mol. The van der Waals surface area contributed by atoms with Gasteiger partial charge < -0.3 is 4.74 Å². The first-order valence-electron chi connectivity index (χ1n) is 4.76. The Morgan fingerprint density at radius 2 is 2.38 bits per heavy atom. The van der Waals surface area contributed by atoms with Crippen LogP contribution >= 0.6 is 11.6 Å². The van der Waals surface area contributed by atoms with Gasteiger partial charge in [0, 0.05) is 13.7 Å². The van der Waals surface area contributed by atoms with Crippen LogP contribution in [0.4, 0.5) is 4.39 Å². The smallest absolute Gasteiger partial charge is 0.142 e. The van der Waals surface area contributed by atoms with Crippen LogP contribution in [0.15, 0.2) is 18.2 Å². The summed E-state index contributed by atoms with van der Waals surface area (Å²) in [5.74, 6) is -0.520. The van der Waals surface area contributed by atoms with Gasteiger partial charge in [-0.15, -0.1) is 0 Å². The molecular weight excluding hydrogens is 231 g/mol. The van der Waals surface area contributed by atoms with Gasteiger partial charge in [-0.3, -0.25) is 5.32 Å². The highest BCUT2D eigenvalue weighted by Crippen LogP contribution is 2.19. The van der Waals surface area contributed by atoms with E-state index in [4.69, 9.17) is 21.6 Å². The number of hydrogen-bond donors (Lipinski definition) is 1. The second-order valence-electron chi connectivity index (χ2n) is 3.18. The largest absolute Gasteiger partial charge is 0.383 e. The van der Waals surface area contributed by atoms with Gasteiger partial charge in [0.05, 0.1) is 17.7 Å². The van der Waals surface area contributed by atoms with Crippen molar-refractivity contribution in [2.24, 2.45) is 0 Å². The van der Waals surface area contributed by atoms with Crippen LogP contribution in [0.3, 0.4) is 0 Å². The lowest BCUT2D eigenvalue weighted by Gasteiger charge is -2.11. The van der Waals surface area contributed by atoms with E-state index in [9.17, 15) is 4.39 Å². The summed E-state index contributed by atoms with van der Waals surface area (Å²) in [5, 5.41) is 11.9. The van der Waals surface area contributed by atoms with Gasteiger partial charge in [0.1, 0.15) is 11.9 Å². The van der Waals surface area contributed by atoms with E-state index >= 15 is 0 Å². The van der Waals surface area contributed by atoms with Gasteiger partial charge in [0.15, 0.2) is 0 Å². The van der Waals surface area contributed by atoms with Crippen molar-refractivity contribution in [3.05, 3.63) is 34.6 Å². The van der Waals surface area contributed by atoms with Crippen LogP contribution in [0, 0.1) is 17.1 Å². The fraction of sp³-hybridized carbons (Fsp3) is 0.364. The molecule has 0 spiro atoms. The number of nitriles is 1. The van der Waals surface area contributed by atoms with E-state index in [0.29, 0.717) is 18.7 Å². The van der Waals surface area contributed by atoms with Crippen LogP contribution in [-0.4, -0.2) is 20.3 Å². The zero-order valence-corrected chi connectivity index (χ0v) is 9.59. The Kier molecular flexibility index (Phi) is 5.20. The first kappa shape index (κ1) is 12.9. The van der Waals surface area contributed by atoms with Gasteiger partial charge in [-0.2, -0.15) is 5.26 Å². The van der Waals surface area contributed by atoms with Gasteiger partial charge >= 0.3 is 0 Å². The lowest BCUT2D eigenvalue weighted by Crippen LogP contribution is -2.24. The Bertz CT molecular complexity index is 392. The molecule has 86 valence electrons. The van der Waals surface area contributed by atoms with Crippen LogP contribution in [-0.2, 0) is 4.74 Å². The Labute approximate surface area is 98.8 Å². The molecular formula is C11H12ClFN2O. The van der Waals surface area contributed by atoms with Gasteiger partial charge in [-0.1, -0.05) is 17.7 Å². The van der Waals surface area contributed by atoms with Crippen molar-refractivity contribution in [2.45, 2.75) is 6.04 Å². The summed E-state index contributed by atoms with van der Waals surface area (Å²) in [5.41, 5.74) is 0.556. The van der Waals surface area contributed by atoms with Crippen molar-refractivity contribution in [2.75, 3.05) is 20.3 Å². The van der Waals surface area contributed by atoms with Crippen LogP contribution in [0.5, 0.6) is 0 Å². The van der Waals surface area contributed by atoms with E-state index in [1.165, 1.54) is 12.1 Å². The minimum atomic E-state index is -0.554. The maximum absolute atomic E-state index is 13.2. The zero-order valence-electron chi connectivity index (χ0n) is 8.84. The minimum absolute atomic E-state index is 0.0531. The van der Waals surface area contributed by atoms with E-state index in [-0.39, 0.29) is 5.02 Å². The number of nitrogens with one attached hydrogen (secondary N) is 1. The Hall–Kier alpha value is -1.15. The van der Waals surface area contributed by atoms with Crippen molar-refractivity contribution < 1.29 is 9.13 Å². The molecule has 0 aliphatic carbocycles. The molecule has 5 heteroatoms. The third-order valence-electron chi connectivity index (χ3n) is 2.06. The van der Waals surface area contributed by atoms with Gasteiger partial charge in [0.25, 0.3) is 0 Å². The quantitative estimate of drug-likeness (QED) is 0.806. The molecule has 1 unspecified atom stereocenters. The van der Waals surface area contributed by atoms with Gasteiger partial charge in [-0.05, 0) is 17.7 Å². The average molecular weight is 243 g/mol. The summed E-state index contributed by atoms with van der Waals surface area (Å²) >= 11 is 5.56. The third-order valence-corrected chi connectivity index (χ3v) is 2.37. The number of ether oxygens (including phenoxy) is 1. The molecule has 0 aromatic heterocycles. The molecule has 0 bridgehead atoms. The molecule has 1 aromatic carbocycles. The molecule has 1 aromatic rings. The standard InChI is InChI=1S/C11H12ClFN2O/c1-16-5-4-15-11(7-14)8-2-3-9(12)10(13)6-8/h2-3,6,11,15H,4-5H2,1H3. The van der Waals surface area contributed by atoms with Crippen LogP contribution in [0.25, 0.3) is 0 Å². The summed E-state index contributed by atoms with van der Waals surface area (Å²) in [4.78, 5) is 0. The van der Waals surface area contributed by atoms with Crippen molar-refractivity contribution in [1.29, 1.82) is 5.26 Å². The molecule has 1 N–H and O–H groups in total. The van der Waals surface area contributed by atoms with Crippen LogP contribution in [0.2, 0.25) is 5.02 Å². The molecule has 16 heavy (non-hydrogen) atoms. The predicted octanol–water partition coefficient (Wildman–Crippen LogP) is 2.28. The highest BCUT2D eigenvalue weighted by molar-refractivity contribution is 6.30. The molecule has 0 heterocycles. The first-order chi connectivity index (χ1) is 7.69. The van der Waals surface area contributed by atoms with E-state index in [2.05, 4.69) is 5.32 Å². The topological polar surface area (TPSA) is 45.0 Å². The number of rotatable bonds is 5. The summed E-state index contributed by atoms with van der Waals surface area (Å²) in [6.07, 6.45) is 0. The molecule has 0 fully saturated rings. The fourth-order valence-electron chi connectivity index (χ4n) is 1.24. The number of nitrogens with zero attached hydrogens (tertiary/aromatic N) is 1. The van der Waals surface area contributed by atoms with Crippen LogP contribution < -0.4 is 5.32 Å². The molecule has 0 aliphatic rings. The van der Waals surface area contributed by atoms with Crippen molar-refractivity contribution in [3.8, 4) is 6.07 Å². The van der Waals surface area contributed by atoms with E-state index < -0.39 is 11.9 Å². The number of benzene rings is 1. The highest BCUT2D eigenvalue weighted by Gasteiger charge is 2.11. The molecule has 0 saturated heterocycles. The van der Waals surface area contributed by atoms with E-state index in [1.54, 1.807) is 13.2 Å².